The van der Waals surface area contributed by atoms with Gasteiger partial charge in [0.25, 0.3) is 22.5 Å². The number of nitro benzene ring substituents is 2. The molecular weight excluding hydrogens is 782 g/mol. The van der Waals surface area contributed by atoms with Crippen molar-refractivity contribution in [1.82, 2.24) is 19.6 Å². The minimum absolute atomic E-state index is 0. The number of H-pyrrole nitrogens is 2. The van der Waals surface area contributed by atoms with Crippen LogP contribution in [0.4, 0.5) is 34.1 Å². The fourth-order valence-electron chi connectivity index (χ4n) is 4.67. The zero-order valence-corrected chi connectivity index (χ0v) is 30.4. The van der Waals surface area contributed by atoms with Crippen molar-refractivity contribution in [3.8, 4) is 22.9 Å². The SMILES string of the molecule is Cc1[nH]n(-c2cccc(S([NH3+])(=O)=O)c2)c(=O)c1N=Nc1ccc([N+](=O)[O-])cc1[O-].Cc1[nH]n(-c2ccccc2)c(=O)c1N=Nc1ccc([N+](=O)[O-])cc1[O-].[Cr+3]. The Balaban J connectivity index is 0.000000243. The van der Waals surface area contributed by atoms with Crippen LogP contribution in [0, 0.1) is 34.1 Å². The van der Waals surface area contributed by atoms with Crippen LogP contribution in [0.25, 0.3) is 11.4 Å². The van der Waals surface area contributed by atoms with Gasteiger partial charge in [-0.05, 0) is 56.3 Å². The van der Waals surface area contributed by atoms with Crippen LogP contribution in [-0.4, -0.2) is 37.8 Å². The van der Waals surface area contributed by atoms with E-state index in [1.54, 1.807) is 38.1 Å². The largest absolute Gasteiger partial charge is 3.00 e. The van der Waals surface area contributed by atoms with E-state index < -0.39 is 42.5 Å². The normalized spacial score (nSPS) is 11.3. The minimum Gasteiger partial charge on any atom is -0.871 e. The number of hydrogen-bond donors (Lipinski definition) is 3. The molecule has 0 fully saturated rings. The van der Waals surface area contributed by atoms with Crippen molar-refractivity contribution in [2.24, 2.45) is 20.5 Å². The van der Waals surface area contributed by atoms with Crippen LogP contribution in [0.1, 0.15) is 11.4 Å². The molecule has 0 bridgehead atoms. The fraction of sp³-hybridized carbons (Fsp3) is 0.0625. The van der Waals surface area contributed by atoms with Crippen LogP contribution in [0.3, 0.4) is 0 Å². The van der Waals surface area contributed by atoms with Gasteiger partial charge in [-0.2, -0.15) is 18.6 Å². The average Bonchev–Trinajstić information content (AvgIpc) is 3.59. The van der Waals surface area contributed by atoms with Crippen molar-refractivity contribution < 1.29 is 51.0 Å². The number of nitrogens with one attached hydrogen (secondary N) is 2. The number of nitrogens with zero attached hydrogens (tertiary/aromatic N) is 8. The van der Waals surface area contributed by atoms with Gasteiger partial charge in [-0.15, -0.1) is 10.2 Å². The molecule has 279 valence electrons. The van der Waals surface area contributed by atoms with Gasteiger partial charge in [-0.25, -0.2) is 14.5 Å². The maximum Gasteiger partial charge on any atom is 3.00 e. The number of aromatic amines is 2. The van der Waals surface area contributed by atoms with E-state index in [1.807, 2.05) is 6.07 Å². The zero-order chi connectivity index (χ0) is 39.3. The van der Waals surface area contributed by atoms with Gasteiger partial charge >= 0.3 is 27.4 Å². The quantitative estimate of drug-likeness (QED) is 0.108. The Hall–Kier alpha value is -7.06. The van der Waals surface area contributed by atoms with Crippen molar-refractivity contribution in [2.45, 2.75) is 18.7 Å². The molecule has 0 spiro atoms. The summed E-state index contributed by atoms with van der Waals surface area (Å²) in [6.45, 7) is 3.20. The van der Waals surface area contributed by atoms with Gasteiger partial charge in [0.2, 0.25) is 0 Å². The molecule has 5 N–H and O–H groups in total. The number of nitro groups is 2. The zero-order valence-electron chi connectivity index (χ0n) is 28.3. The number of hydrogen-bond acceptors (Lipinski definition) is 14. The summed E-state index contributed by atoms with van der Waals surface area (Å²) in [6, 6.07) is 20.8. The first kappa shape index (κ1) is 40.7. The third-order valence-electron chi connectivity index (χ3n) is 7.35. The van der Waals surface area contributed by atoms with E-state index in [0.717, 1.165) is 35.0 Å². The molecule has 0 unspecified atom stereocenters. The third-order valence-corrected chi connectivity index (χ3v) is 8.33. The summed E-state index contributed by atoms with van der Waals surface area (Å²) in [5.74, 6) is -1.36. The monoisotopic (exact) mass is 808 g/mol. The van der Waals surface area contributed by atoms with E-state index >= 15 is 0 Å². The summed E-state index contributed by atoms with van der Waals surface area (Å²) in [4.78, 5) is 45.0. The molecule has 1 radical (unpaired) electrons. The number of benzene rings is 4. The molecule has 23 heteroatoms. The van der Waals surface area contributed by atoms with Crippen LogP contribution in [0.5, 0.6) is 11.5 Å². The first-order valence-electron chi connectivity index (χ1n) is 15.2. The Labute approximate surface area is 319 Å². The van der Waals surface area contributed by atoms with Crippen LogP contribution >= 0.6 is 0 Å². The molecular formula is C32H26CrN11O10S+2. The van der Waals surface area contributed by atoms with Gasteiger partial charge in [0.15, 0.2) is 11.4 Å². The summed E-state index contributed by atoms with van der Waals surface area (Å²) in [6.07, 6.45) is 0. The Morgan fingerprint density at radius 3 is 1.49 bits per heavy atom. The van der Waals surface area contributed by atoms with Crippen molar-refractivity contribution >= 4 is 44.1 Å². The van der Waals surface area contributed by atoms with E-state index in [0.29, 0.717) is 17.1 Å². The average molecular weight is 809 g/mol. The number of quaternary nitrogens is 1. The molecule has 55 heavy (non-hydrogen) atoms. The maximum atomic E-state index is 12.6. The summed E-state index contributed by atoms with van der Waals surface area (Å²) >= 11 is 0. The van der Waals surface area contributed by atoms with Gasteiger partial charge in [-0.1, -0.05) is 35.8 Å². The number of aryl methyl sites for hydroxylation is 2. The molecule has 6 rings (SSSR count). The molecule has 0 saturated heterocycles. The fourth-order valence-corrected chi connectivity index (χ4v) is 5.26. The van der Waals surface area contributed by atoms with E-state index in [4.69, 9.17) is 0 Å². The van der Waals surface area contributed by atoms with Gasteiger partial charge in [0, 0.05) is 24.3 Å². The second kappa shape index (κ2) is 16.7. The van der Waals surface area contributed by atoms with Crippen molar-refractivity contribution in [3.05, 3.63) is 143 Å². The molecule has 0 aliphatic carbocycles. The van der Waals surface area contributed by atoms with Gasteiger partial charge in [-0.3, -0.25) is 40.0 Å². The Kier molecular flexibility index (Phi) is 12.4. The van der Waals surface area contributed by atoms with Crippen LogP contribution in [-0.2, 0) is 27.4 Å². The standard InChI is InChI=1S/C16H14N6O6S.C16H13N5O4.Cr/c1-9-15(19-18-13-6-5-11(22(25)26)8-14(13)23)16(24)21(20-9)10-3-2-4-12(7-10)29(17,27)28;1-10-15(16(23)20(19-10)11-5-3-2-4-6-11)18-17-13-8-7-12(21(24)25)9-14(13)22;/h2-8,20,23H,1H3,(H2,17,27,28);2-9,19,22H,1H3;/q;;+3/p-1. The second-order valence-electron chi connectivity index (χ2n) is 11.1. The number of aromatic nitrogens is 4. The van der Waals surface area contributed by atoms with Crippen LogP contribution < -0.4 is 26.5 Å². The van der Waals surface area contributed by atoms with Crippen LogP contribution in [0.15, 0.2) is 126 Å². The van der Waals surface area contributed by atoms with Crippen molar-refractivity contribution in [1.29, 1.82) is 0 Å². The summed E-state index contributed by atoms with van der Waals surface area (Å²) in [5.41, 5.74) is -0.385. The molecule has 6 aromatic rings. The molecule has 4 aromatic carbocycles. The van der Waals surface area contributed by atoms with E-state index in [2.05, 4.69) is 35.8 Å². The van der Waals surface area contributed by atoms with E-state index in [9.17, 15) is 48.4 Å². The van der Waals surface area contributed by atoms with E-state index in [-0.39, 0.29) is 62.1 Å². The first-order valence-corrected chi connectivity index (χ1v) is 16.8. The molecule has 0 aliphatic heterocycles. The summed E-state index contributed by atoms with van der Waals surface area (Å²) in [5, 5.41) is 68.8. The molecule has 0 aliphatic rings. The van der Waals surface area contributed by atoms with E-state index in [1.165, 1.54) is 35.0 Å². The van der Waals surface area contributed by atoms with Crippen LogP contribution in [0.2, 0.25) is 0 Å². The predicted octanol–water partition coefficient (Wildman–Crippen LogP) is 3.67. The molecule has 2 aromatic heterocycles. The smallest absolute Gasteiger partial charge is 0.871 e. The Morgan fingerprint density at radius 1 is 0.636 bits per heavy atom. The molecule has 21 nitrogen and oxygen atoms in total. The molecule has 0 saturated carbocycles. The Bertz CT molecular complexity index is 2700. The van der Waals surface area contributed by atoms with Gasteiger partial charge in [0.05, 0.1) is 44.0 Å². The number of rotatable bonds is 9. The second-order valence-corrected chi connectivity index (χ2v) is 12.8. The molecule has 2 heterocycles. The maximum absolute atomic E-state index is 12.6. The van der Waals surface area contributed by atoms with Gasteiger partial charge < -0.3 is 10.2 Å². The summed E-state index contributed by atoms with van der Waals surface area (Å²) in [7, 11) is -3.71. The number of para-hydroxylation sites is 1. The number of azo groups is 2. The minimum atomic E-state index is -3.71. The number of sulfonamides is 1. The topological polar surface area (TPSA) is 319 Å². The van der Waals surface area contributed by atoms with Crippen molar-refractivity contribution in [3.63, 3.8) is 0 Å². The molecule has 0 amide bonds. The first-order chi connectivity index (χ1) is 25.5. The number of non-ortho nitro benzene ring substituents is 2. The third kappa shape index (κ3) is 9.31. The summed E-state index contributed by atoms with van der Waals surface area (Å²) < 4.78 is 25.6. The molecule has 0 atom stereocenters. The predicted molar refractivity (Wildman–Crippen MR) is 186 cm³/mol. The van der Waals surface area contributed by atoms with Gasteiger partial charge in [0.1, 0.15) is 4.90 Å². The Morgan fingerprint density at radius 2 is 1.07 bits per heavy atom. The van der Waals surface area contributed by atoms with Crippen molar-refractivity contribution in [2.75, 3.05) is 0 Å².